The van der Waals surface area contributed by atoms with Crippen LogP contribution in [0.3, 0.4) is 0 Å². The zero-order valence-corrected chi connectivity index (χ0v) is 22.4. The van der Waals surface area contributed by atoms with Gasteiger partial charge in [0, 0.05) is 13.1 Å². The Kier molecular flexibility index (Phi) is 9.30. The van der Waals surface area contributed by atoms with Crippen LogP contribution in [0.1, 0.15) is 25.0 Å². The summed E-state index contributed by atoms with van der Waals surface area (Å²) in [5.41, 5.74) is 2.07. The van der Waals surface area contributed by atoms with E-state index in [0.29, 0.717) is 12.3 Å². The predicted octanol–water partition coefficient (Wildman–Crippen LogP) is 3.75. The van der Waals surface area contributed by atoms with Crippen molar-refractivity contribution in [1.29, 1.82) is 0 Å². The first-order valence-corrected chi connectivity index (χ1v) is 13.5. The van der Waals surface area contributed by atoms with E-state index in [0.717, 1.165) is 15.4 Å². The Hall–Kier alpha value is -3.85. The summed E-state index contributed by atoms with van der Waals surface area (Å²) in [5.74, 6) is -0.541. The number of hydrogen-bond donors (Lipinski definition) is 1. The molecule has 0 saturated heterocycles. The zero-order chi connectivity index (χ0) is 27.0. The Morgan fingerprint density at radius 3 is 2.30 bits per heavy atom. The van der Waals surface area contributed by atoms with Gasteiger partial charge in [-0.1, -0.05) is 60.2 Å². The van der Waals surface area contributed by atoms with Crippen molar-refractivity contribution >= 4 is 27.5 Å². The topological polar surface area (TPSA) is 96.0 Å². The molecular formula is C28H33N3O5S. The minimum absolute atomic E-state index is 0.0377. The molecule has 2 amide bonds. The number of carbonyl (C=O) groups excluding carboxylic acids is 2. The van der Waals surface area contributed by atoms with Crippen LogP contribution in [0.15, 0.2) is 83.8 Å². The fourth-order valence-corrected chi connectivity index (χ4v) is 5.43. The van der Waals surface area contributed by atoms with Crippen LogP contribution in [0.4, 0.5) is 5.69 Å². The van der Waals surface area contributed by atoms with Gasteiger partial charge in [-0.3, -0.25) is 13.9 Å². The number of methoxy groups -OCH3 is 1. The molecule has 1 N–H and O–H groups in total. The molecule has 0 radical (unpaired) electrons. The smallest absolute Gasteiger partial charge is 0.264 e. The van der Waals surface area contributed by atoms with Gasteiger partial charge in [-0.05, 0) is 50.6 Å². The molecule has 196 valence electrons. The van der Waals surface area contributed by atoms with Crippen LogP contribution < -0.4 is 14.4 Å². The Morgan fingerprint density at radius 1 is 0.973 bits per heavy atom. The van der Waals surface area contributed by atoms with Crippen LogP contribution in [0.2, 0.25) is 0 Å². The second-order valence-corrected chi connectivity index (χ2v) is 10.4. The monoisotopic (exact) mass is 523 g/mol. The highest BCUT2D eigenvalue weighted by Gasteiger charge is 2.33. The number of rotatable bonds is 11. The van der Waals surface area contributed by atoms with Crippen LogP contribution in [0.5, 0.6) is 5.75 Å². The third kappa shape index (κ3) is 6.68. The number of nitrogens with one attached hydrogen (secondary N) is 1. The maximum absolute atomic E-state index is 13.8. The first-order valence-electron chi connectivity index (χ1n) is 12.0. The van der Waals surface area contributed by atoms with E-state index in [4.69, 9.17) is 4.74 Å². The number of sulfonamides is 1. The standard InChI is InChI=1S/C28H33N3O5S/c1-5-29-28(33)22(3)30(19-23-13-11-12-21(2)18-23)27(32)20-31(25-16-9-10-17-26(25)36-4)37(34,35)24-14-7-6-8-15-24/h6-18,22H,5,19-20H2,1-4H3,(H,29,33)/t22-/m0/s1. The number of aryl methyl sites for hydroxylation is 1. The molecule has 1 atom stereocenters. The molecule has 37 heavy (non-hydrogen) atoms. The lowest BCUT2D eigenvalue weighted by atomic mass is 10.1. The van der Waals surface area contributed by atoms with E-state index in [-0.39, 0.29) is 23.0 Å². The molecule has 3 aromatic carbocycles. The quantitative estimate of drug-likeness (QED) is 0.413. The first kappa shape index (κ1) is 27.7. The summed E-state index contributed by atoms with van der Waals surface area (Å²) >= 11 is 0. The number of amides is 2. The molecular weight excluding hydrogens is 490 g/mol. The van der Waals surface area contributed by atoms with Crippen LogP contribution in [0.25, 0.3) is 0 Å². The summed E-state index contributed by atoms with van der Waals surface area (Å²) in [7, 11) is -2.71. The van der Waals surface area contributed by atoms with Crippen LogP contribution in [-0.4, -0.2) is 51.4 Å². The van der Waals surface area contributed by atoms with Gasteiger partial charge < -0.3 is 15.0 Å². The van der Waals surface area contributed by atoms with Crippen LogP contribution in [0, 0.1) is 6.92 Å². The van der Waals surface area contributed by atoms with Crippen molar-refractivity contribution in [3.05, 3.63) is 90.0 Å². The molecule has 0 aliphatic rings. The Bertz CT molecular complexity index is 1330. The summed E-state index contributed by atoms with van der Waals surface area (Å²) in [4.78, 5) is 28.1. The van der Waals surface area contributed by atoms with Crippen molar-refractivity contribution in [3.63, 3.8) is 0 Å². The van der Waals surface area contributed by atoms with E-state index in [2.05, 4.69) is 5.32 Å². The van der Waals surface area contributed by atoms with Gasteiger partial charge in [0.1, 0.15) is 18.3 Å². The number of hydrogen-bond acceptors (Lipinski definition) is 5. The molecule has 3 aromatic rings. The molecule has 0 aromatic heterocycles. The normalized spacial score (nSPS) is 11.9. The van der Waals surface area contributed by atoms with Crippen molar-refractivity contribution in [2.75, 3.05) is 24.5 Å². The molecule has 3 rings (SSSR count). The maximum Gasteiger partial charge on any atom is 0.264 e. The molecule has 0 unspecified atom stereocenters. The van der Waals surface area contributed by atoms with E-state index < -0.39 is 28.5 Å². The highest BCUT2D eigenvalue weighted by Crippen LogP contribution is 2.32. The summed E-state index contributed by atoms with van der Waals surface area (Å²) in [6.07, 6.45) is 0. The maximum atomic E-state index is 13.8. The Balaban J connectivity index is 2.06. The summed E-state index contributed by atoms with van der Waals surface area (Å²) in [5, 5.41) is 2.75. The molecule has 0 spiro atoms. The van der Waals surface area contributed by atoms with Gasteiger partial charge >= 0.3 is 0 Å². The summed E-state index contributed by atoms with van der Waals surface area (Å²) in [6.45, 7) is 5.41. The van der Waals surface area contributed by atoms with Gasteiger partial charge in [-0.25, -0.2) is 8.42 Å². The lowest BCUT2D eigenvalue weighted by Gasteiger charge is -2.32. The molecule has 0 fully saturated rings. The molecule has 0 bridgehead atoms. The minimum Gasteiger partial charge on any atom is -0.495 e. The third-order valence-electron chi connectivity index (χ3n) is 5.92. The number of anilines is 1. The second kappa shape index (κ2) is 12.4. The van der Waals surface area contributed by atoms with Gasteiger partial charge in [0.15, 0.2) is 0 Å². The molecule has 0 heterocycles. The van der Waals surface area contributed by atoms with E-state index in [1.807, 2.05) is 31.2 Å². The average Bonchev–Trinajstić information content (AvgIpc) is 2.90. The van der Waals surface area contributed by atoms with E-state index >= 15 is 0 Å². The highest BCUT2D eigenvalue weighted by atomic mass is 32.2. The van der Waals surface area contributed by atoms with Crippen molar-refractivity contribution in [2.45, 2.75) is 38.3 Å². The highest BCUT2D eigenvalue weighted by molar-refractivity contribution is 7.92. The fraction of sp³-hybridized carbons (Fsp3) is 0.286. The van der Waals surface area contributed by atoms with E-state index in [1.165, 1.54) is 24.1 Å². The zero-order valence-electron chi connectivity index (χ0n) is 21.5. The van der Waals surface area contributed by atoms with E-state index in [1.54, 1.807) is 56.3 Å². The number of likely N-dealkylation sites (N-methyl/N-ethyl adjacent to an activating group) is 1. The number of benzene rings is 3. The molecule has 0 aliphatic carbocycles. The van der Waals surface area contributed by atoms with Crippen molar-refractivity contribution in [3.8, 4) is 5.75 Å². The van der Waals surface area contributed by atoms with E-state index in [9.17, 15) is 18.0 Å². The van der Waals surface area contributed by atoms with Gasteiger partial charge in [-0.15, -0.1) is 0 Å². The first-order chi connectivity index (χ1) is 17.7. The van der Waals surface area contributed by atoms with Crippen molar-refractivity contribution in [1.82, 2.24) is 10.2 Å². The Morgan fingerprint density at radius 2 is 1.65 bits per heavy atom. The minimum atomic E-state index is -4.15. The van der Waals surface area contributed by atoms with Crippen molar-refractivity contribution in [2.24, 2.45) is 0 Å². The predicted molar refractivity (Wildman–Crippen MR) is 144 cm³/mol. The fourth-order valence-electron chi connectivity index (χ4n) is 3.98. The molecule has 8 nitrogen and oxygen atoms in total. The van der Waals surface area contributed by atoms with Gasteiger partial charge in [-0.2, -0.15) is 0 Å². The molecule has 9 heteroatoms. The second-order valence-electron chi connectivity index (χ2n) is 8.58. The summed E-state index contributed by atoms with van der Waals surface area (Å²) < 4.78 is 34.0. The SMILES string of the molecule is CCNC(=O)[C@H](C)N(Cc1cccc(C)c1)C(=O)CN(c1ccccc1OC)S(=O)(=O)c1ccccc1. The largest absolute Gasteiger partial charge is 0.495 e. The number of carbonyl (C=O) groups is 2. The van der Waals surface area contributed by atoms with Crippen LogP contribution >= 0.6 is 0 Å². The van der Waals surface area contributed by atoms with Gasteiger partial charge in [0.25, 0.3) is 10.0 Å². The number of nitrogens with zero attached hydrogens (tertiary/aromatic N) is 2. The Labute approximate surface area is 218 Å². The number of ether oxygens (including phenoxy) is 1. The van der Waals surface area contributed by atoms with Gasteiger partial charge in [0.05, 0.1) is 17.7 Å². The lowest BCUT2D eigenvalue weighted by Crippen LogP contribution is -2.51. The lowest BCUT2D eigenvalue weighted by molar-refractivity contribution is -0.139. The van der Waals surface area contributed by atoms with Crippen LogP contribution in [-0.2, 0) is 26.2 Å². The van der Waals surface area contributed by atoms with Crippen molar-refractivity contribution < 1.29 is 22.7 Å². The average molecular weight is 524 g/mol. The summed E-state index contributed by atoms with van der Waals surface area (Å²) in [6, 6.07) is 21.3. The third-order valence-corrected chi connectivity index (χ3v) is 7.69. The molecule has 0 saturated carbocycles. The van der Waals surface area contributed by atoms with Gasteiger partial charge in [0.2, 0.25) is 11.8 Å². The molecule has 0 aliphatic heterocycles. The number of para-hydroxylation sites is 2.